The molecule has 7 nitrogen and oxygen atoms in total. The lowest BCUT2D eigenvalue weighted by atomic mass is 10.1. The van der Waals surface area contributed by atoms with Gasteiger partial charge in [-0.25, -0.2) is 21.2 Å². The predicted molar refractivity (Wildman–Crippen MR) is 189 cm³/mol. The Balaban J connectivity index is 1.44. The van der Waals surface area contributed by atoms with Crippen LogP contribution >= 0.6 is 45.8 Å². The molecule has 0 aromatic heterocycles. The van der Waals surface area contributed by atoms with Crippen LogP contribution in [0.4, 0.5) is 4.39 Å². The lowest BCUT2D eigenvalue weighted by molar-refractivity contribution is 0.393. The third kappa shape index (κ3) is 8.71. The molecule has 0 amide bonds. The second-order valence-electron chi connectivity index (χ2n) is 10.7. The molecule has 0 heterocycles. The third-order valence-electron chi connectivity index (χ3n) is 7.28. The lowest BCUT2D eigenvalue weighted by Gasteiger charge is -2.24. The first-order chi connectivity index (χ1) is 22.3. The Morgan fingerprint density at radius 2 is 1.04 bits per heavy atom. The van der Waals surface area contributed by atoms with Gasteiger partial charge < -0.3 is 5.11 Å². The zero-order valence-corrected chi connectivity index (χ0v) is 29.9. The summed E-state index contributed by atoms with van der Waals surface area (Å²) in [6, 6.07) is 30.4. The molecular weight excluding hydrogens is 797 g/mol. The van der Waals surface area contributed by atoms with Gasteiger partial charge in [0, 0.05) is 34.8 Å². The van der Waals surface area contributed by atoms with Crippen LogP contribution in [-0.2, 0) is 46.2 Å². The van der Waals surface area contributed by atoms with Crippen LogP contribution in [0.3, 0.4) is 0 Å². The number of aromatic hydroxyl groups is 1. The normalized spacial score (nSPS) is 12.1. The Morgan fingerprint density at radius 3 is 1.53 bits per heavy atom. The van der Waals surface area contributed by atoms with Gasteiger partial charge in [-0.3, -0.25) is 0 Å². The maximum atomic E-state index is 13.9. The largest absolute Gasteiger partial charge is 0.505 e. The van der Waals surface area contributed by atoms with Gasteiger partial charge in [-0.05, 0) is 93.4 Å². The summed E-state index contributed by atoms with van der Waals surface area (Å²) in [5.41, 5.74) is 2.61. The molecule has 5 rings (SSSR count). The van der Waals surface area contributed by atoms with Crippen LogP contribution in [-0.4, -0.2) is 30.6 Å². The quantitative estimate of drug-likeness (QED) is 0.128. The zero-order chi connectivity index (χ0) is 33.8. The summed E-state index contributed by atoms with van der Waals surface area (Å²) in [6.07, 6.45) is 0. The molecule has 0 aliphatic heterocycles. The van der Waals surface area contributed by atoms with Crippen molar-refractivity contribution in [1.82, 2.24) is 8.61 Å². The van der Waals surface area contributed by atoms with Crippen molar-refractivity contribution in [3.8, 4) is 5.75 Å². The van der Waals surface area contributed by atoms with Crippen molar-refractivity contribution in [2.75, 3.05) is 0 Å². The van der Waals surface area contributed by atoms with Crippen molar-refractivity contribution < 1.29 is 26.3 Å². The number of benzene rings is 5. The molecule has 0 bridgehead atoms. The highest BCUT2D eigenvalue weighted by molar-refractivity contribution is 14.1. The van der Waals surface area contributed by atoms with E-state index in [-0.39, 0.29) is 41.1 Å². The van der Waals surface area contributed by atoms with Gasteiger partial charge in [-0.2, -0.15) is 8.61 Å². The van der Waals surface area contributed by atoms with Gasteiger partial charge in [0.2, 0.25) is 20.0 Å². The minimum Gasteiger partial charge on any atom is -0.505 e. The third-order valence-corrected chi connectivity index (χ3v) is 12.1. The molecule has 0 fully saturated rings. The first-order valence-electron chi connectivity index (χ1n) is 14.1. The van der Waals surface area contributed by atoms with Crippen molar-refractivity contribution in [1.29, 1.82) is 0 Å². The van der Waals surface area contributed by atoms with Gasteiger partial charge >= 0.3 is 0 Å². The van der Waals surface area contributed by atoms with E-state index < -0.39 is 36.5 Å². The summed E-state index contributed by atoms with van der Waals surface area (Å²) in [7, 11) is -8.23. The smallest absolute Gasteiger partial charge is 0.247 e. The van der Waals surface area contributed by atoms with E-state index in [1.165, 1.54) is 38.9 Å². The van der Waals surface area contributed by atoms with E-state index in [1.54, 1.807) is 54.6 Å². The fourth-order valence-corrected chi connectivity index (χ4v) is 8.77. The van der Waals surface area contributed by atoms with E-state index in [4.69, 9.17) is 23.2 Å². The van der Waals surface area contributed by atoms with Gasteiger partial charge in [0.25, 0.3) is 0 Å². The maximum absolute atomic E-state index is 13.9. The number of sulfonamides is 2. The van der Waals surface area contributed by atoms with Crippen LogP contribution in [0.25, 0.3) is 0 Å². The summed E-state index contributed by atoms with van der Waals surface area (Å²) < 4.78 is 72.3. The van der Waals surface area contributed by atoms with E-state index in [0.29, 0.717) is 16.7 Å². The Bertz CT molecular complexity index is 2070. The van der Waals surface area contributed by atoms with E-state index in [1.807, 2.05) is 24.3 Å². The Kier molecular flexibility index (Phi) is 11.3. The van der Waals surface area contributed by atoms with Crippen LogP contribution in [0.15, 0.2) is 125 Å². The zero-order valence-electron chi connectivity index (χ0n) is 24.6. The van der Waals surface area contributed by atoms with Crippen LogP contribution < -0.4 is 0 Å². The van der Waals surface area contributed by atoms with Gasteiger partial charge in [0.1, 0.15) is 10.7 Å². The number of halogens is 4. The van der Waals surface area contributed by atoms with Gasteiger partial charge in [0.05, 0.1) is 9.92 Å². The van der Waals surface area contributed by atoms with E-state index in [9.17, 15) is 26.3 Å². The molecule has 47 heavy (non-hydrogen) atoms. The van der Waals surface area contributed by atoms with Crippen molar-refractivity contribution in [2.24, 2.45) is 0 Å². The molecule has 13 heteroatoms. The number of nitrogens with zero attached hydrogens (tertiary/aromatic N) is 2. The minimum atomic E-state index is -4.30. The molecule has 0 radical (unpaired) electrons. The van der Waals surface area contributed by atoms with Crippen LogP contribution in [0, 0.1) is 9.39 Å². The predicted octanol–water partition coefficient (Wildman–Crippen LogP) is 8.22. The van der Waals surface area contributed by atoms with Crippen molar-refractivity contribution in [3.63, 3.8) is 0 Å². The Labute approximate surface area is 297 Å². The molecule has 0 aliphatic rings. The fourth-order valence-electron chi connectivity index (χ4n) is 4.82. The summed E-state index contributed by atoms with van der Waals surface area (Å²) in [4.78, 5) is -0.292. The van der Waals surface area contributed by atoms with Crippen LogP contribution in [0.5, 0.6) is 5.75 Å². The highest BCUT2D eigenvalue weighted by Gasteiger charge is 2.30. The number of rotatable bonds is 12. The molecule has 0 atom stereocenters. The molecule has 0 unspecified atom stereocenters. The Hall–Kier alpha value is -3.04. The Morgan fingerprint density at radius 1 is 0.617 bits per heavy atom. The summed E-state index contributed by atoms with van der Waals surface area (Å²) in [5, 5.41) is 10.5. The van der Waals surface area contributed by atoms with Gasteiger partial charge in [-0.15, -0.1) is 0 Å². The molecule has 0 aliphatic carbocycles. The van der Waals surface area contributed by atoms with Gasteiger partial charge in [0.15, 0.2) is 5.75 Å². The first kappa shape index (κ1) is 35.3. The maximum Gasteiger partial charge on any atom is 0.247 e. The molecule has 0 spiro atoms. The molecule has 5 aromatic carbocycles. The standard InChI is InChI=1S/C34H28Cl2FIN2O5S2/c35-28-18-32(36)34(41)33(19-28)47(44,45)40(23-27-12-16-30(38)17-13-27)22-25-8-6-24(7-9-25)20-39(21-26-10-14-29(37)15-11-26)46(42,43)31-4-2-1-3-5-31/h1-19,41H,20-23H2. The monoisotopic (exact) mass is 824 g/mol. The highest BCUT2D eigenvalue weighted by Crippen LogP contribution is 2.36. The molecule has 5 aromatic rings. The SMILES string of the molecule is O=S(=O)(c1ccccc1)N(Cc1ccc(F)cc1)Cc1ccc(CN(Cc2ccc(I)cc2)S(=O)(=O)c2cc(Cl)cc(Cl)c2O)cc1. The summed E-state index contributed by atoms with van der Waals surface area (Å²) in [6.45, 7) is -0.0630. The van der Waals surface area contributed by atoms with Crippen LogP contribution in [0.1, 0.15) is 22.3 Å². The summed E-state index contributed by atoms with van der Waals surface area (Å²) >= 11 is 14.4. The van der Waals surface area contributed by atoms with Crippen molar-refractivity contribution in [2.45, 2.75) is 36.0 Å². The second-order valence-corrected chi connectivity index (χ2v) is 16.6. The van der Waals surface area contributed by atoms with Gasteiger partial charge in [-0.1, -0.05) is 89.9 Å². The number of phenolic OH excluding ortho intramolecular Hbond substituents is 1. The number of hydrogen-bond donors (Lipinski definition) is 1. The van der Waals surface area contributed by atoms with E-state index in [0.717, 1.165) is 15.2 Å². The number of phenols is 1. The highest BCUT2D eigenvalue weighted by atomic mass is 127. The van der Waals surface area contributed by atoms with Crippen molar-refractivity contribution in [3.05, 3.63) is 157 Å². The van der Waals surface area contributed by atoms with E-state index >= 15 is 0 Å². The molecule has 244 valence electrons. The van der Waals surface area contributed by atoms with Crippen LogP contribution in [0.2, 0.25) is 10.0 Å². The molecule has 1 N–H and O–H groups in total. The minimum absolute atomic E-state index is 0.00693. The van der Waals surface area contributed by atoms with E-state index in [2.05, 4.69) is 22.6 Å². The average molecular weight is 826 g/mol. The number of hydrogen-bond acceptors (Lipinski definition) is 5. The van der Waals surface area contributed by atoms with Crippen molar-refractivity contribution >= 4 is 65.8 Å². The average Bonchev–Trinajstić information content (AvgIpc) is 3.05. The fraction of sp³-hybridized carbons (Fsp3) is 0.118. The molecular formula is C34H28Cl2FIN2O5S2. The molecule has 0 saturated carbocycles. The second kappa shape index (κ2) is 15.0. The topological polar surface area (TPSA) is 95.0 Å². The lowest BCUT2D eigenvalue weighted by Crippen LogP contribution is -2.31. The molecule has 0 saturated heterocycles. The first-order valence-corrected chi connectivity index (χ1v) is 18.8. The summed E-state index contributed by atoms with van der Waals surface area (Å²) in [5.74, 6) is -1.02.